The highest BCUT2D eigenvalue weighted by Crippen LogP contribution is 2.37. The van der Waals surface area contributed by atoms with Gasteiger partial charge in [-0.15, -0.1) is 0 Å². The van der Waals surface area contributed by atoms with Crippen LogP contribution < -0.4 is 5.43 Å². The van der Waals surface area contributed by atoms with Gasteiger partial charge in [0.15, 0.2) is 14.1 Å². The summed E-state index contributed by atoms with van der Waals surface area (Å²) in [5, 5.41) is 22.0. The molecule has 1 unspecified atom stereocenters. The summed E-state index contributed by atoms with van der Waals surface area (Å²) in [6.07, 6.45) is 0. The van der Waals surface area contributed by atoms with Crippen molar-refractivity contribution in [2.75, 3.05) is 6.54 Å². The van der Waals surface area contributed by atoms with Crippen LogP contribution in [0.4, 0.5) is 0 Å². The van der Waals surface area contributed by atoms with Gasteiger partial charge in [-0.1, -0.05) is 44.5 Å². The summed E-state index contributed by atoms with van der Waals surface area (Å²) >= 11 is 5.90. The second-order valence-electron chi connectivity index (χ2n) is 8.46. The molecule has 0 radical (unpaired) electrons. The number of halogens is 1. The number of hydrogen-bond acceptors (Lipinski definition) is 6. The Morgan fingerprint density at radius 3 is 2.38 bits per heavy atom. The van der Waals surface area contributed by atoms with Crippen molar-refractivity contribution in [3.63, 3.8) is 0 Å². The van der Waals surface area contributed by atoms with Gasteiger partial charge in [0.05, 0.1) is 6.61 Å². The predicted molar refractivity (Wildman–Crippen MR) is 114 cm³/mol. The number of rotatable bonds is 7. The SMILES string of the molecule is CC(C)(C)[Si](C)(C)OCc1cc(=O)c(O)c(C(C[N+](=O)[O-])c2ccc(Cl)cc2)o1. The van der Waals surface area contributed by atoms with Gasteiger partial charge in [-0.25, -0.2) is 0 Å². The van der Waals surface area contributed by atoms with Crippen molar-refractivity contribution in [1.29, 1.82) is 0 Å². The maximum Gasteiger partial charge on any atom is 0.227 e. The summed E-state index contributed by atoms with van der Waals surface area (Å²) in [7, 11) is -2.11. The highest BCUT2D eigenvalue weighted by molar-refractivity contribution is 6.74. The number of benzene rings is 1. The molecule has 0 amide bonds. The topological polar surface area (TPSA) is 103 Å². The van der Waals surface area contributed by atoms with Crippen molar-refractivity contribution in [2.45, 2.75) is 51.4 Å². The van der Waals surface area contributed by atoms with Crippen molar-refractivity contribution < 1.29 is 18.9 Å². The molecule has 2 aromatic rings. The van der Waals surface area contributed by atoms with E-state index in [1.165, 1.54) is 0 Å². The minimum atomic E-state index is -2.11. The minimum absolute atomic E-state index is 0.0372. The highest BCUT2D eigenvalue weighted by atomic mass is 35.5. The second kappa shape index (κ2) is 8.69. The van der Waals surface area contributed by atoms with E-state index in [1.54, 1.807) is 24.3 Å². The third-order valence-electron chi connectivity index (χ3n) is 5.30. The van der Waals surface area contributed by atoms with Crippen LogP contribution in [-0.2, 0) is 11.0 Å². The monoisotopic (exact) mass is 439 g/mol. The molecule has 7 nitrogen and oxygen atoms in total. The molecule has 0 aliphatic rings. The van der Waals surface area contributed by atoms with Crippen LogP contribution in [0.3, 0.4) is 0 Å². The molecule has 2 rings (SSSR count). The first-order valence-corrected chi connectivity index (χ1v) is 12.5. The third-order valence-corrected chi connectivity index (χ3v) is 10.0. The zero-order valence-electron chi connectivity index (χ0n) is 17.2. The second-order valence-corrected chi connectivity index (χ2v) is 13.7. The van der Waals surface area contributed by atoms with E-state index < -0.39 is 36.9 Å². The summed E-state index contributed by atoms with van der Waals surface area (Å²) in [5.41, 5.74) is -0.158. The summed E-state index contributed by atoms with van der Waals surface area (Å²) < 4.78 is 11.8. The van der Waals surface area contributed by atoms with Crippen molar-refractivity contribution in [2.24, 2.45) is 0 Å². The van der Waals surface area contributed by atoms with E-state index in [0.717, 1.165) is 6.07 Å². The normalized spacial score (nSPS) is 13.3. The van der Waals surface area contributed by atoms with E-state index in [0.29, 0.717) is 10.6 Å². The van der Waals surface area contributed by atoms with Crippen LogP contribution in [0.2, 0.25) is 23.2 Å². The molecule has 9 heteroatoms. The fraction of sp³-hybridized carbons (Fsp3) is 0.450. The predicted octanol–water partition coefficient (Wildman–Crippen LogP) is 4.93. The lowest BCUT2D eigenvalue weighted by Gasteiger charge is -2.35. The van der Waals surface area contributed by atoms with Gasteiger partial charge in [-0.3, -0.25) is 14.9 Å². The van der Waals surface area contributed by atoms with Crippen LogP contribution in [0.25, 0.3) is 0 Å². The molecule has 0 saturated carbocycles. The molecule has 1 atom stereocenters. The van der Waals surface area contributed by atoms with Gasteiger partial charge in [0.2, 0.25) is 17.7 Å². The average molecular weight is 440 g/mol. The Morgan fingerprint density at radius 2 is 1.86 bits per heavy atom. The first kappa shape index (κ1) is 23.1. The third kappa shape index (κ3) is 5.68. The molecule has 0 aliphatic heterocycles. The van der Waals surface area contributed by atoms with Crippen LogP contribution in [0, 0.1) is 10.1 Å². The summed E-state index contributed by atoms with van der Waals surface area (Å²) in [6.45, 7) is 9.89. The Kier molecular flexibility index (Phi) is 6.92. The maximum absolute atomic E-state index is 12.3. The Bertz CT molecular complexity index is 933. The van der Waals surface area contributed by atoms with Gasteiger partial charge >= 0.3 is 0 Å². The lowest BCUT2D eigenvalue weighted by atomic mass is 9.95. The van der Waals surface area contributed by atoms with E-state index in [4.69, 9.17) is 20.4 Å². The number of hydrogen-bond donors (Lipinski definition) is 1. The van der Waals surface area contributed by atoms with Crippen LogP contribution in [0.5, 0.6) is 5.75 Å². The van der Waals surface area contributed by atoms with Gasteiger partial charge < -0.3 is 13.9 Å². The molecule has 0 spiro atoms. The van der Waals surface area contributed by atoms with Gasteiger partial charge in [-0.2, -0.15) is 0 Å². The van der Waals surface area contributed by atoms with Crippen molar-refractivity contribution in [3.8, 4) is 5.75 Å². The molecule has 0 saturated heterocycles. The van der Waals surface area contributed by atoms with Crippen LogP contribution in [0.1, 0.15) is 43.8 Å². The van der Waals surface area contributed by atoms with Crippen molar-refractivity contribution >= 4 is 19.9 Å². The fourth-order valence-electron chi connectivity index (χ4n) is 2.51. The molecule has 1 N–H and O–H groups in total. The summed E-state index contributed by atoms with van der Waals surface area (Å²) in [4.78, 5) is 23.0. The first-order valence-electron chi connectivity index (χ1n) is 9.19. The Labute approximate surface area is 175 Å². The van der Waals surface area contributed by atoms with E-state index in [2.05, 4.69) is 33.9 Å². The molecular formula is C20H26ClNO6Si. The highest BCUT2D eigenvalue weighted by Gasteiger charge is 2.37. The molecule has 158 valence electrons. The van der Waals surface area contributed by atoms with E-state index >= 15 is 0 Å². The van der Waals surface area contributed by atoms with Crippen molar-refractivity contribution in [1.82, 2.24) is 0 Å². The van der Waals surface area contributed by atoms with Gasteiger partial charge in [0, 0.05) is 16.0 Å². The minimum Gasteiger partial charge on any atom is -0.502 e. The molecule has 0 aliphatic carbocycles. The maximum atomic E-state index is 12.3. The summed E-state index contributed by atoms with van der Waals surface area (Å²) in [6, 6.07) is 7.55. The molecular weight excluding hydrogens is 414 g/mol. The number of nitro groups is 1. The first-order chi connectivity index (χ1) is 13.3. The Balaban J connectivity index is 2.45. The number of nitrogens with zero attached hydrogens (tertiary/aromatic N) is 1. The van der Waals surface area contributed by atoms with Crippen LogP contribution in [-0.4, -0.2) is 24.9 Å². The largest absolute Gasteiger partial charge is 0.502 e. The quantitative estimate of drug-likeness (QED) is 0.372. The summed E-state index contributed by atoms with van der Waals surface area (Å²) in [5.74, 6) is -1.51. The molecule has 29 heavy (non-hydrogen) atoms. The molecule has 1 aromatic carbocycles. The molecule has 0 bridgehead atoms. The molecule has 0 fully saturated rings. The van der Waals surface area contributed by atoms with Gasteiger partial charge in [0.25, 0.3) is 0 Å². The Morgan fingerprint density at radius 1 is 1.28 bits per heavy atom. The molecule has 1 heterocycles. The zero-order chi connectivity index (χ0) is 22.0. The van der Waals surface area contributed by atoms with E-state index in [1.807, 2.05) is 0 Å². The van der Waals surface area contributed by atoms with E-state index in [9.17, 15) is 20.0 Å². The van der Waals surface area contributed by atoms with E-state index in [-0.39, 0.29) is 23.2 Å². The van der Waals surface area contributed by atoms with Crippen LogP contribution in [0.15, 0.2) is 39.5 Å². The zero-order valence-corrected chi connectivity index (χ0v) is 18.9. The van der Waals surface area contributed by atoms with Crippen LogP contribution >= 0.6 is 11.6 Å². The number of aromatic hydroxyl groups is 1. The lowest BCUT2D eigenvalue weighted by molar-refractivity contribution is -0.482. The van der Waals surface area contributed by atoms with Gasteiger partial charge in [-0.05, 0) is 35.8 Å². The van der Waals surface area contributed by atoms with Crippen molar-refractivity contribution in [3.05, 3.63) is 72.8 Å². The Hall–Kier alpha value is -2.16. The average Bonchev–Trinajstić information content (AvgIpc) is 2.60. The standard InChI is InChI=1S/C20H26ClNO6Si/c1-20(2,3)29(4,5)27-12-15-10-17(23)18(24)19(28-15)16(11-22(25)26)13-6-8-14(21)9-7-13/h6-10,16,24H,11-12H2,1-5H3. The smallest absolute Gasteiger partial charge is 0.227 e. The van der Waals surface area contributed by atoms with Gasteiger partial charge in [0.1, 0.15) is 11.7 Å². The fourth-order valence-corrected chi connectivity index (χ4v) is 3.58. The molecule has 1 aromatic heterocycles. The lowest BCUT2D eigenvalue weighted by Crippen LogP contribution is -2.40.